The van der Waals surface area contributed by atoms with Crippen molar-refractivity contribution in [3.05, 3.63) is 82.7 Å². The lowest BCUT2D eigenvalue weighted by Crippen LogP contribution is -2.18. The molecule has 4 aromatic rings. The minimum atomic E-state index is -0.158. The van der Waals surface area contributed by atoms with Gasteiger partial charge in [0.05, 0.1) is 16.8 Å². The van der Waals surface area contributed by atoms with Gasteiger partial charge in [0.2, 0.25) is 5.56 Å². The van der Waals surface area contributed by atoms with Crippen LogP contribution in [0.1, 0.15) is 15.9 Å². The zero-order chi connectivity index (χ0) is 20.9. The molecule has 0 aliphatic rings. The number of benzene rings is 1. The first kappa shape index (κ1) is 19.3. The summed E-state index contributed by atoms with van der Waals surface area (Å²) in [5, 5.41) is 6.79. The molecule has 150 valence electrons. The van der Waals surface area contributed by atoms with Crippen molar-refractivity contribution in [2.45, 2.75) is 6.42 Å². The summed E-state index contributed by atoms with van der Waals surface area (Å²) in [6.07, 6.45) is 5.47. The number of nitrogens with zero attached hydrogens (tertiary/aromatic N) is 3. The van der Waals surface area contributed by atoms with Crippen molar-refractivity contribution >= 4 is 22.6 Å². The van der Waals surface area contributed by atoms with E-state index < -0.39 is 0 Å². The van der Waals surface area contributed by atoms with Gasteiger partial charge in [0, 0.05) is 49.1 Å². The molecule has 0 atom stereocenters. The Labute approximate surface area is 172 Å². The number of hydrogen-bond acceptors (Lipinski definition) is 6. The number of fused-ring (bicyclic) bond motifs is 1. The minimum absolute atomic E-state index is 0.131. The van der Waals surface area contributed by atoms with Gasteiger partial charge >= 0.3 is 0 Å². The van der Waals surface area contributed by atoms with Gasteiger partial charge in [-0.1, -0.05) is 18.2 Å². The number of H-pyrrole nitrogens is 1. The molecule has 0 aliphatic carbocycles. The fourth-order valence-electron chi connectivity index (χ4n) is 3.28. The third-order valence-corrected chi connectivity index (χ3v) is 4.77. The van der Waals surface area contributed by atoms with Crippen LogP contribution in [-0.4, -0.2) is 39.4 Å². The Hall–Kier alpha value is -4.07. The zero-order valence-electron chi connectivity index (χ0n) is 16.3. The van der Waals surface area contributed by atoms with Gasteiger partial charge in [-0.2, -0.15) is 0 Å². The Balaban J connectivity index is 1.50. The van der Waals surface area contributed by atoms with Gasteiger partial charge in [-0.25, -0.2) is 9.97 Å². The van der Waals surface area contributed by atoms with Crippen molar-refractivity contribution in [2.75, 3.05) is 18.9 Å². The van der Waals surface area contributed by atoms with Crippen LogP contribution in [0.5, 0.6) is 0 Å². The SMILES string of the molecule is CNC(=O)c1ccnc2c(CCNc3cc(-c4ccc(=O)[nH]c4)ncn3)cccc12. The standard InChI is InChI=1S/C22H20N6O2/c1-23-22(30)17-8-10-25-21-14(3-2-4-16(17)21)7-9-24-19-11-18(27-13-28-19)15-5-6-20(29)26-12-15/h2-6,8,10-13H,7,9H2,1H3,(H,23,30)(H,26,29)(H,24,27,28). The molecular formula is C22H20N6O2. The molecule has 1 aromatic carbocycles. The molecule has 0 unspecified atom stereocenters. The van der Waals surface area contributed by atoms with Gasteiger partial charge in [0.25, 0.3) is 5.91 Å². The molecule has 0 radical (unpaired) electrons. The van der Waals surface area contributed by atoms with E-state index in [4.69, 9.17) is 0 Å². The normalized spacial score (nSPS) is 10.7. The highest BCUT2D eigenvalue weighted by molar-refractivity contribution is 6.06. The van der Waals surface area contributed by atoms with E-state index in [1.165, 1.54) is 12.4 Å². The summed E-state index contributed by atoms with van der Waals surface area (Å²) >= 11 is 0. The first-order chi connectivity index (χ1) is 14.7. The second kappa shape index (κ2) is 8.52. The van der Waals surface area contributed by atoms with E-state index in [2.05, 4.69) is 30.6 Å². The molecular weight excluding hydrogens is 380 g/mol. The summed E-state index contributed by atoms with van der Waals surface area (Å²) in [5.74, 6) is 0.555. The van der Waals surface area contributed by atoms with Crippen molar-refractivity contribution in [3.8, 4) is 11.3 Å². The molecule has 3 aromatic heterocycles. The minimum Gasteiger partial charge on any atom is -0.370 e. The molecule has 30 heavy (non-hydrogen) atoms. The lowest BCUT2D eigenvalue weighted by molar-refractivity contribution is 0.0964. The second-order valence-electron chi connectivity index (χ2n) is 6.66. The fourth-order valence-corrected chi connectivity index (χ4v) is 3.28. The van der Waals surface area contributed by atoms with E-state index in [1.54, 1.807) is 31.6 Å². The summed E-state index contributed by atoms with van der Waals surface area (Å²) in [4.78, 5) is 39.0. The lowest BCUT2D eigenvalue weighted by atomic mass is 10.0. The molecule has 3 heterocycles. The molecule has 0 aliphatic heterocycles. The van der Waals surface area contributed by atoms with Gasteiger partial charge in [-0.05, 0) is 24.1 Å². The van der Waals surface area contributed by atoms with Crippen molar-refractivity contribution in [2.24, 2.45) is 0 Å². The molecule has 4 rings (SSSR count). The summed E-state index contributed by atoms with van der Waals surface area (Å²) < 4.78 is 0. The van der Waals surface area contributed by atoms with Crippen molar-refractivity contribution in [1.82, 2.24) is 25.3 Å². The molecule has 3 N–H and O–H groups in total. The fraction of sp³-hybridized carbons (Fsp3) is 0.136. The quantitative estimate of drug-likeness (QED) is 0.458. The smallest absolute Gasteiger partial charge is 0.251 e. The monoisotopic (exact) mass is 400 g/mol. The molecule has 0 saturated carbocycles. The summed E-state index contributed by atoms with van der Waals surface area (Å²) in [7, 11) is 1.62. The number of anilines is 1. The Kier molecular flexibility index (Phi) is 5.47. The van der Waals surface area contributed by atoms with Gasteiger partial charge in [-0.15, -0.1) is 0 Å². The maximum absolute atomic E-state index is 12.1. The van der Waals surface area contributed by atoms with Crippen LogP contribution in [0.2, 0.25) is 0 Å². The van der Waals surface area contributed by atoms with Crippen LogP contribution in [0.4, 0.5) is 5.82 Å². The number of nitrogens with one attached hydrogen (secondary N) is 3. The third-order valence-electron chi connectivity index (χ3n) is 4.77. The predicted octanol–water partition coefficient (Wildman–Crippen LogP) is 2.39. The van der Waals surface area contributed by atoms with Crippen LogP contribution in [0, 0.1) is 0 Å². The maximum Gasteiger partial charge on any atom is 0.251 e. The number of carbonyl (C=O) groups is 1. The van der Waals surface area contributed by atoms with Gasteiger partial charge in [-0.3, -0.25) is 14.6 Å². The molecule has 1 amide bonds. The third kappa shape index (κ3) is 4.02. The number of hydrogen-bond donors (Lipinski definition) is 3. The highest BCUT2D eigenvalue weighted by Crippen LogP contribution is 2.21. The Morgan fingerprint density at radius 3 is 2.80 bits per heavy atom. The molecule has 0 bridgehead atoms. The summed E-state index contributed by atoms with van der Waals surface area (Å²) in [6.45, 7) is 0.632. The number of amides is 1. The van der Waals surface area contributed by atoms with Crippen LogP contribution in [0.3, 0.4) is 0 Å². The first-order valence-electron chi connectivity index (χ1n) is 9.49. The van der Waals surface area contributed by atoms with Gasteiger partial charge < -0.3 is 15.6 Å². The predicted molar refractivity (Wildman–Crippen MR) is 115 cm³/mol. The molecule has 8 nitrogen and oxygen atoms in total. The molecule has 8 heteroatoms. The van der Waals surface area contributed by atoms with Gasteiger partial charge in [0.15, 0.2) is 0 Å². The van der Waals surface area contributed by atoms with E-state index in [0.717, 1.165) is 22.0 Å². The highest BCUT2D eigenvalue weighted by atomic mass is 16.1. The van der Waals surface area contributed by atoms with Crippen LogP contribution in [0.25, 0.3) is 22.2 Å². The molecule has 0 saturated heterocycles. The summed E-state index contributed by atoms with van der Waals surface area (Å²) in [5.41, 5.74) is 3.83. The Morgan fingerprint density at radius 2 is 2.00 bits per heavy atom. The number of pyridine rings is 2. The van der Waals surface area contributed by atoms with Crippen LogP contribution < -0.4 is 16.2 Å². The number of aromatic nitrogens is 4. The van der Waals surface area contributed by atoms with E-state index >= 15 is 0 Å². The van der Waals surface area contributed by atoms with Crippen molar-refractivity contribution in [3.63, 3.8) is 0 Å². The van der Waals surface area contributed by atoms with Crippen LogP contribution in [-0.2, 0) is 6.42 Å². The zero-order valence-corrected chi connectivity index (χ0v) is 16.3. The largest absolute Gasteiger partial charge is 0.370 e. The van der Waals surface area contributed by atoms with Crippen molar-refractivity contribution in [1.29, 1.82) is 0 Å². The number of rotatable bonds is 6. The van der Waals surface area contributed by atoms with E-state index in [-0.39, 0.29) is 11.5 Å². The summed E-state index contributed by atoms with van der Waals surface area (Å²) in [6, 6.07) is 12.6. The number of carbonyl (C=O) groups excluding carboxylic acids is 1. The van der Waals surface area contributed by atoms with Crippen molar-refractivity contribution < 1.29 is 4.79 Å². The molecule has 0 fully saturated rings. The lowest BCUT2D eigenvalue weighted by Gasteiger charge is -2.10. The van der Waals surface area contributed by atoms with Crippen LogP contribution >= 0.6 is 0 Å². The number of para-hydroxylation sites is 1. The van der Waals surface area contributed by atoms with E-state index in [1.807, 2.05) is 24.3 Å². The van der Waals surface area contributed by atoms with E-state index in [0.29, 0.717) is 30.0 Å². The highest BCUT2D eigenvalue weighted by Gasteiger charge is 2.11. The van der Waals surface area contributed by atoms with E-state index in [9.17, 15) is 9.59 Å². The number of aromatic amines is 1. The average molecular weight is 400 g/mol. The van der Waals surface area contributed by atoms with Crippen LogP contribution in [0.15, 0.2) is 66.0 Å². The average Bonchev–Trinajstić information content (AvgIpc) is 2.79. The topological polar surface area (TPSA) is 113 Å². The molecule has 0 spiro atoms. The Bertz CT molecular complexity index is 1250. The van der Waals surface area contributed by atoms with Gasteiger partial charge in [0.1, 0.15) is 12.1 Å². The first-order valence-corrected chi connectivity index (χ1v) is 9.49. The maximum atomic E-state index is 12.1. The second-order valence-corrected chi connectivity index (χ2v) is 6.66. The Morgan fingerprint density at radius 1 is 1.10 bits per heavy atom.